The first-order valence-electron chi connectivity index (χ1n) is 9.18. The van der Waals surface area contributed by atoms with E-state index in [-0.39, 0.29) is 27.1 Å². The van der Waals surface area contributed by atoms with E-state index in [0.717, 1.165) is 0 Å². The summed E-state index contributed by atoms with van der Waals surface area (Å²) in [6.45, 7) is 16.4. The van der Waals surface area contributed by atoms with Crippen LogP contribution in [0.5, 0.6) is 0 Å². The smallest absolute Gasteiger partial charge is 0.410 e. The summed E-state index contributed by atoms with van der Waals surface area (Å²) in [6, 6.07) is 1.60. The number of likely N-dealkylation sites (tertiary alicyclic amines) is 1. The zero-order valence-electron chi connectivity index (χ0n) is 17.4. The number of hydrogen-bond acceptors (Lipinski definition) is 5. The van der Waals surface area contributed by atoms with Crippen LogP contribution in [-0.4, -0.2) is 45.7 Å². The SMILES string of the molecule is C=C.CC.CC(C)(C)OC(=O)N1CC(Nc2ncnc3c(F)c(Br)c(Cl)cc23)C1. The van der Waals surface area contributed by atoms with Crippen molar-refractivity contribution >= 4 is 50.3 Å². The van der Waals surface area contributed by atoms with Gasteiger partial charge in [0.05, 0.1) is 15.5 Å². The molecule has 0 spiro atoms. The Balaban J connectivity index is 0.000000989. The number of ether oxygens (including phenoxy) is 1. The number of carbonyl (C=O) groups is 1. The minimum atomic E-state index is -0.531. The summed E-state index contributed by atoms with van der Waals surface area (Å²) in [7, 11) is 0. The molecule has 1 aromatic carbocycles. The number of fused-ring (bicyclic) bond motifs is 1. The van der Waals surface area contributed by atoms with Crippen LogP contribution in [0.15, 0.2) is 30.0 Å². The van der Waals surface area contributed by atoms with Crippen LogP contribution in [0, 0.1) is 5.82 Å². The molecular formula is C20H27BrClFN4O2. The van der Waals surface area contributed by atoms with Gasteiger partial charge in [0, 0.05) is 18.5 Å². The van der Waals surface area contributed by atoms with Gasteiger partial charge in [-0.15, -0.1) is 13.2 Å². The quantitative estimate of drug-likeness (QED) is 0.411. The highest BCUT2D eigenvalue weighted by Gasteiger charge is 2.34. The highest BCUT2D eigenvalue weighted by Crippen LogP contribution is 2.34. The van der Waals surface area contributed by atoms with E-state index >= 15 is 0 Å². The van der Waals surface area contributed by atoms with E-state index in [1.165, 1.54) is 6.33 Å². The van der Waals surface area contributed by atoms with Gasteiger partial charge in [0.1, 0.15) is 23.3 Å². The lowest BCUT2D eigenvalue weighted by molar-refractivity contribution is 0.0105. The van der Waals surface area contributed by atoms with E-state index in [0.29, 0.717) is 24.3 Å². The minimum absolute atomic E-state index is 0.00361. The molecule has 1 fully saturated rings. The number of aromatic nitrogens is 2. The molecule has 6 nitrogen and oxygen atoms in total. The average Bonchev–Trinajstić information content (AvgIpc) is 2.64. The molecule has 0 aliphatic carbocycles. The van der Waals surface area contributed by atoms with Crippen molar-refractivity contribution in [1.29, 1.82) is 0 Å². The Bertz CT molecular complexity index is 854. The van der Waals surface area contributed by atoms with E-state index in [9.17, 15) is 9.18 Å². The molecule has 2 heterocycles. The van der Waals surface area contributed by atoms with Gasteiger partial charge < -0.3 is 15.0 Å². The fourth-order valence-electron chi connectivity index (χ4n) is 2.46. The van der Waals surface area contributed by atoms with Crippen LogP contribution in [0.3, 0.4) is 0 Å². The third-order valence-corrected chi connectivity index (χ3v) is 4.94. The standard InChI is InChI=1S/C16H17BrClFN4O2.C2H6.C2H4/c1-16(2,3)25-15(24)23-5-8(6-23)22-14-9-4-10(18)11(17)12(19)13(9)20-7-21-14;2*1-2/h4,7-8H,5-6H2,1-3H3,(H,20,21,22);1-2H3;1-2H2. The number of benzene rings is 1. The topological polar surface area (TPSA) is 67.3 Å². The van der Waals surface area contributed by atoms with Crippen LogP contribution in [0.4, 0.5) is 15.0 Å². The van der Waals surface area contributed by atoms with Gasteiger partial charge in [-0.25, -0.2) is 19.2 Å². The molecule has 1 saturated heterocycles. The van der Waals surface area contributed by atoms with Gasteiger partial charge in [-0.05, 0) is 42.8 Å². The second-order valence-corrected chi connectivity index (χ2v) is 8.03. The maximum atomic E-state index is 14.3. The Labute approximate surface area is 184 Å². The maximum Gasteiger partial charge on any atom is 0.410 e. The summed E-state index contributed by atoms with van der Waals surface area (Å²) in [4.78, 5) is 21.7. The number of carbonyl (C=O) groups excluding carboxylic acids is 1. The second kappa shape index (κ2) is 10.7. The van der Waals surface area contributed by atoms with Crippen LogP contribution in [0.25, 0.3) is 10.9 Å². The highest BCUT2D eigenvalue weighted by molar-refractivity contribution is 9.10. The molecule has 160 valence electrons. The van der Waals surface area contributed by atoms with Gasteiger partial charge in [-0.2, -0.15) is 0 Å². The Kier molecular flexibility index (Phi) is 9.29. The molecule has 29 heavy (non-hydrogen) atoms. The molecule has 9 heteroatoms. The van der Waals surface area contributed by atoms with Crippen molar-refractivity contribution in [3.63, 3.8) is 0 Å². The average molecular weight is 490 g/mol. The monoisotopic (exact) mass is 488 g/mol. The van der Waals surface area contributed by atoms with Crippen LogP contribution < -0.4 is 5.32 Å². The van der Waals surface area contributed by atoms with Crippen molar-refractivity contribution in [2.75, 3.05) is 18.4 Å². The van der Waals surface area contributed by atoms with Crippen molar-refractivity contribution in [3.8, 4) is 0 Å². The number of rotatable bonds is 2. The lowest BCUT2D eigenvalue weighted by Gasteiger charge is -2.40. The Hall–Kier alpha value is -1.93. The molecule has 2 aromatic rings. The number of nitrogens with zero attached hydrogens (tertiary/aromatic N) is 3. The van der Waals surface area contributed by atoms with Crippen LogP contribution >= 0.6 is 27.5 Å². The van der Waals surface area contributed by atoms with E-state index in [1.807, 2.05) is 34.6 Å². The molecule has 1 aliphatic rings. The van der Waals surface area contributed by atoms with Crippen molar-refractivity contribution in [1.82, 2.24) is 14.9 Å². The van der Waals surface area contributed by atoms with Gasteiger partial charge in [0.15, 0.2) is 5.82 Å². The molecule has 0 bridgehead atoms. The molecule has 1 aliphatic heterocycles. The molecule has 0 saturated carbocycles. The molecule has 0 unspecified atom stereocenters. The second-order valence-electron chi connectivity index (χ2n) is 6.83. The third-order valence-electron chi connectivity index (χ3n) is 3.64. The predicted octanol–water partition coefficient (Wildman–Crippen LogP) is 6.04. The van der Waals surface area contributed by atoms with Gasteiger partial charge in [0.2, 0.25) is 0 Å². The van der Waals surface area contributed by atoms with Gasteiger partial charge in [-0.1, -0.05) is 25.4 Å². The summed E-state index contributed by atoms with van der Waals surface area (Å²) in [5.41, 5.74) is -0.350. The molecule has 1 amide bonds. The zero-order chi connectivity index (χ0) is 22.4. The lowest BCUT2D eigenvalue weighted by atomic mass is 10.1. The van der Waals surface area contributed by atoms with Crippen molar-refractivity contribution in [2.24, 2.45) is 0 Å². The lowest BCUT2D eigenvalue weighted by Crippen LogP contribution is -2.58. The number of amides is 1. The summed E-state index contributed by atoms with van der Waals surface area (Å²) in [5, 5.41) is 3.93. The zero-order valence-corrected chi connectivity index (χ0v) is 19.7. The summed E-state index contributed by atoms with van der Waals surface area (Å²) in [5.74, 6) is -0.0518. The van der Waals surface area contributed by atoms with Crippen molar-refractivity contribution < 1.29 is 13.9 Å². The number of halogens is 3. The van der Waals surface area contributed by atoms with Crippen molar-refractivity contribution in [2.45, 2.75) is 46.3 Å². The molecule has 0 atom stereocenters. The van der Waals surface area contributed by atoms with Crippen LogP contribution in [-0.2, 0) is 4.74 Å². The summed E-state index contributed by atoms with van der Waals surface area (Å²) in [6.07, 6.45) is 0.939. The van der Waals surface area contributed by atoms with Gasteiger partial charge in [-0.3, -0.25) is 0 Å². The Morgan fingerprint density at radius 3 is 2.48 bits per heavy atom. The van der Waals surface area contributed by atoms with Crippen molar-refractivity contribution in [3.05, 3.63) is 40.9 Å². The number of hydrogen-bond donors (Lipinski definition) is 1. The molecule has 3 rings (SSSR count). The van der Waals surface area contributed by atoms with Gasteiger partial charge >= 0.3 is 6.09 Å². The van der Waals surface area contributed by atoms with Crippen LogP contribution in [0.1, 0.15) is 34.6 Å². The van der Waals surface area contributed by atoms with E-state index in [1.54, 1.807) is 11.0 Å². The highest BCUT2D eigenvalue weighted by atomic mass is 79.9. The molecule has 0 radical (unpaired) electrons. The first kappa shape index (κ1) is 25.1. The molecule has 1 aromatic heterocycles. The Morgan fingerprint density at radius 2 is 1.93 bits per heavy atom. The fourth-order valence-corrected chi connectivity index (χ4v) is 2.95. The van der Waals surface area contributed by atoms with E-state index < -0.39 is 11.4 Å². The van der Waals surface area contributed by atoms with E-state index in [2.05, 4.69) is 44.4 Å². The normalized spacial score (nSPS) is 13.4. The summed E-state index contributed by atoms with van der Waals surface area (Å²) < 4.78 is 19.8. The number of anilines is 1. The Morgan fingerprint density at radius 1 is 1.34 bits per heavy atom. The first-order chi connectivity index (χ1) is 13.7. The largest absolute Gasteiger partial charge is 0.444 e. The molecular weight excluding hydrogens is 463 g/mol. The number of nitrogens with one attached hydrogen (secondary N) is 1. The molecule has 1 N–H and O–H groups in total. The minimum Gasteiger partial charge on any atom is -0.444 e. The van der Waals surface area contributed by atoms with E-state index in [4.69, 9.17) is 16.3 Å². The predicted molar refractivity (Wildman–Crippen MR) is 120 cm³/mol. The third kappa shape index (κ3) is 6.27. The van der Waals surface area contributed by atoms with Crippen LogP contribution in [0.2, 0.25) is 5.02 Å². The fraction of sp³-hybridized carbons (Fsp3) is 0.450. The first-order valence-corrected chi connectivity index (χ1v) is 10.4. The maximum absolute atomic E-state index is 14.3. The summed E-state index contributed by atoms with van der Waals surface area (Å²) >= 11 is 9.14. The van der Waals surface area contributed by atoms with Gasteiger partial charge in [0.25, 0.3) is 0 Å².